The smallest absolute Gasteiger partial charge is 0.178 e. The average Bonchev–Trinajstić information content (AvgIpc) is 2.90. The van der Waals surface area contributed by atoms with Gasteiger partial charge in [-0.15, -0.1) is 0 Å². The lowest BCUT2D eigenvalue weighted by Crippen LogP contribution is -2.12. The molecule has 19 heavy (non-hydrogen) atoms. The summed E-state index contributed by atoms with van der Waals surface area (Å²) in [5.41, 5.74) is 8.64. The second-order valence-electron chi connectivity index (χ2n) is 4.02. The highest BCUT2D eigenvalue weighted by molar-refractivity contribution is 5.97. The highest BCUT2D eigenvalue weighted by atomic mass is 16.4. The van der Waals surface area contributed by atoms with Gasteiger partial charge < -0.3 is 15.9 Å². The Morgan fingerprint density at radius 2 is 2.00 bits per heavy atom. The summed E-state index contributed by atoms with van der Waals surface area (Å²) in [6, 6.07) is 11.0. The molecular weight excluding hydrogens is 242 g/mol. The third-order valence-corrected chi connectivity index (χ3v) is 2.82. The first-order valence-electron chi connectivity index (χ1n) is 5.67. The molecule has 1 aromatic carbocycles. The van der Waals surface area contributed by atoms with E-state index < -0.39 is 0 Å². The number of oxime groups is 1. The molecule has 0 saturated heterocycles. The van der Waals surface area contributed by atoms with Gasteiger partial charge in [0.2, 0.25) is 0 Å². The minimum absolute atomic E-state index is 0.0813. The minimum Gasteiger partial charge on any atom is -0.409 e. The Labute approximate surface area is 108 Å². The molecule has 0 fully saturated rings. The van der Waals surface area contributed by atoms with Gasteiger partial charge in [0.05, 0.1) is 5.52 Å². The predicted molar refractivity (Wildman–Crippen MR) is 71.8 cm³/mol. The summed E-state index contributed by atoms with van der Waals surface area (Å²) in [6.07, 6.45) is 1.70. The van der Waals surface area contributed by atoms with Crippen LogP contribution < -0.4 is 5.73 Å². The van der Waals surface area contributed by atoms with Crippen LogP contribution >= 0.6 is 0 Å². The predicted octanol–water partition coefficient (Wildman–Crippen LogP) is 1.72. The van der Waals surface area contributed by atoms with Crippen LogP contribution in [0.25, 0.3) is 22.6 Å². The van der Waals surface area contributed by atoms with Crippen molar-refractivity contribution in [3.05, 3.63) is 48.2 Å². The number of fused-ring (bicyclic) bond motifs is 1. The Hall–Kier alpha value is -2.89. The van der Waals surface area contributed by atoms with Crippen molar-refractivity contribution in [3.63, 3.8) is 0 Å². The van der Waals surface area contributed by atoms with Crippen molar-refractivity contribution in [2.45, 2.75) is 0 Å². The van der Waals surface area contributed by atoms with E-state index in [1.807, 2.05) is 24.3 Å². The number of imidazole rings is 1. The van der Waals surface area contributed by atoms with Crippen molar-refractivity contribution >= 4 is 17.0 Å². The Morgan fingerprint density at radius 1 is 1.21 bits per heavy atom. The molecule has 94 valence electrons. The van der Waals surface area contributed by atoms with Gasteiger partial charge in [-0.1, -0.05) is 29.4 Å². The molecule has 0 atom stereocenters. The summed E-state index contributed by atoms with van der Waals surface area (Å²) in [6.45, 7) is 0. The van der Waals surface area contributed by atoms with E-state index in [-0.39, 0.29) is 5.84 Å². The molecule has 0 amide bonds. The molecule has 0 unspecified atom stereocenters. The van der Waals surface area contributed by atoms with Gasteiger partial charge in [0.25, 0.3) is 0 Å². The topological polar surface area (TPSA) is 100 Å². The Balaban J connectivity index is 2.02. The monoisotopic (exact) mass is 253 g/mol. The van der Waals surface area contributed by atoms with Gasteiger partial charge in [0, 0.05) is 17.3 Å². The van der Waals surface area contributed by atoms with Gasteiger partial charge >= 0.3 is 0 Å². The largest absolute Gasteiger partial charge is 0.409 e. The van der Waals surface area contributed by atoms with E-state index in [1.165, 1.54) is 0 Å². The molecule has 6 heteroatoms. The fourth-order valence-electron chi connectivity index (χ4n) is 1.84. The van der Waals surface area contributed by atoms with Gasteiger partial charge in [-0.2, -0.15) is 0 Å². The Bertz CT molecular complexity index is 712. The van der Waals surface area contributed by atoms with E-state index in [4.69, 9.17) is 10.9 Å². The lowest BCUT2D eigenvalue weighted by atomic mass is 10.1. The lowest BCUT2D eigenvalue weighted by molar-refractivity contribution is 0.318. The van der Waals surface area contributed by atoms with Crippen LogP contribution in [0.2, 0.25) is 0 Å². The number of hydrogen-bond acceptors (Lipinski definition) is 4. The second kappa shape index (κ2) is 4.41. The van der Waals surface area contributed by atoms with Crippen molar-refractivity contribution in [1.82, 2.24) is 15.0 Å². The van der Waals surface area contributed by atoms with Crippen LogP contribution in [0.4, 0.5) is 0 Å². The van der Waals surface area contributed by atoms with Crippen LogP contribution in [0, 0.1) is 0 Å². The van der Waals surface area contributed by atoms with E-state index in [0.717, 1.165) is 16.9 Å². The average molecular weight is 253 g/mol. The van der Waals surface area contributed by atoms with Crippen LogP contribution in [-0.4, -0.2) is 26.0 Å². The molecule has 2 aromatic heterocycles. The fraction of sp³-hybridized carbons (Fsp3) is 0. The molecule has 3 aromatic rings. The summed E-state index contributed by atoms with van der Waals surface area (Å²) >= 11 is 0. The number of nitrogens with zero attached hydrogens (tertiary/aromatic N) is 3. The molecule has 6 nitrogen and oxygen atoms in total. The number of benzene rings is 1. The third kappa shape index (κ3) is 1.99. The van der Waals surface area contributed by atoms with Crippen molar-refractivity contribution < 1.29 is 5.21 Å². The highest BCUT2D eigenvalue weighted by Gasteiger charge is 2.06. The van der Waals surface area contributed by atoms with Gasteiger partial charge in [0.15, 0.2) is 11.5 Å². The minimum atomic E-state index is 0.0813. The molecule has 0 spiro atoms. The van der Waals surface area contributed by atoms with E-state index in [2.05, 4.69) is 20.1 Å². The van der Waals surface area contributed by atoms with Crippen LogP contribution in [0.5, 0.6) is 0 Å². The van der Waals surface area contributed by atoms with E-state index >= 15 is 0 Å². The van der Waals surface area contributed by atoms with Gasteiger partial charge in [-0.25, -0.2) is 9.97 Å². The molecule has 2 heterocycles. The van der Waals surface area contributed by atoms with Crippen LogP contribution in [0.3, 0.4) is 0 Å². The van der Waals surface area contributed by atoms with E-state index in [0.29, 0.717) is 11.2 Å². The summed E-state index contributed by atoms with van der Waals surface area (Å²) in [5.74, 6) is 0.817. The number of aromatic nitrogens is 3. The number of rotatable bonds is 2. The highest BCUT2D eigenvalue weighted by Crippen LogP contribution is 2.19. The molecule has 0 bridgehead atoms. The summed E-state index contributed by atoms with van der Waals surface area (Å²) < 4.78 is 0. The maximum absolute atomic E-state index is 8.61. The first-order chi connectivity index (χ1) is 9.28. The zero-order valence-electron chi connectivity index (χ0n) is 9.91. The SMILES string of the molecule is N/C(=N\O)c1ccc(-c2nc3ncccc3[nH]2)cc1. The molecular formula is C13H11N5O. The van der Waals surface area contributed by atoms with Crippen LogP contribution in [0.1, 0.15) is 5.56 Å². The number of hydrogen-bond donors (Lipinski definition) is 3. The standard InChI is InChI=1S/C13H11N5O/c14-11(18-19)8-3-5-9(6-4-8)12-16-10-2-1-7-15-13(10)17-12/h1-7,19H,(H2,14,18)(H,15,16,17). The van der Waals surface area contributed by atoms with Gasteiger partial charge in [-0.3, -0.25) is 0 Å². The molecule has 0 aliphatic heterocycles. The summed E-state index contributed by atoms with van der Waals surface area (Å²) in [5, 5.41) is 11.6. The number of nitrogens with two attached hydrogens (primary N) is 1. The van der Waals surface area contributed by atoms with Crippen molar-refractivity contribution in [3.8, 4) is 11.4 Å². The normalized spacial score (nSPS) is 11.9. The zero-order chi connectivity index (χ0) is 13.2. The van der Waals surface area contributed by atoms with Gasteiger partial charge in [-0.05, 0) is 12.1 Å². The van der Waals surface area contributed by atoms with Crippen molar-refractivity contribution in [2.75, 3.05) is 0 Å². The number of nitrogens with one attached hydrogen (secondary N) is 1. The van der Waals surface area contributed by atoms with E-state index in [9.17, 15) is 0 Å². The lowest BCUT2D eigenvalue weighted by Gasteiger charge is -2.00. The number of amidine groups is 1. The summed E-state index contributed by atoms with van der Waals surface area (Å²) in [7, 11) is 0. The molecule has 0 aliphatic carbocycles. The van der Waals surface area contributed by atoms with E-state index in [1.54, 1.807) is 18.3 Å². The molecule has 0 radical (unpaired) electrons. The van der Waals surface area contributed by atoms with Crippen molar-refractivity contribution in [2.24, 2.45) is 10.9 Å². The number of aromatic amines is 1. The zero-order valence-corrected chi connectivity index (χ0v) is 9.91. The molecule has 3 rings (SSSR count). The Kier molecular flexibility index (Phi) is 2.60. The molecule has 0 aliphatic rings. The summed E-state index contributed by atoms with van der Waals surface area (Å²) in [4.78, 5) is 11.8. The second-order valence-corrected chi connectivity index (χ2v) is 4.02. The first-order valence-corrected chi connectivity index (χ1v) is 5.67. The maximum atomic E-state index is 8.61. The van der Waals surface area contributed by atoms with Crippen LogP contribution in [0.15, 0.2) is 47.8 Å². The number of H-pyrrole nitrogens is 1. The molecule has 0 saturated carbocycles. The van der Waals surface area contributed by atoms with Crippen LogP contribution in [-0.2, 0) is 0 Å². The van der Waals surface area contributed by atoms with Crippen molar-refractivity contribution in [1.29, 1.82) is 0 Å². The third-order valence-electron chi connectivity index (χ3n) is 2.82. The van der Waals surface area contributed by atoms with Gasteiger partial charge in [0.1, 0.15) is 5.82 Å². The Morgan fingerprint density at radius 3 is 2.68 bits per heavy atom. The number of pyridine rings is 1. The first kappa shape index (κ1) is 11.2. The maximum Gasteiger partial charge on any atom is 0.178 e. The molecule has 4 N–H and O–H groups in total. The fourth-order valence-corrected chi connectivity index (χ4v) is 1.84. The quantitative estimate of drug-likeness (QED) is 0.280.